The quantitative estimate of drug-likeness (QED) is 0.786. The van der Waals surface area contributed by atoms with Crippen LogP contribution in [0.1, 0.15) is 33.2 Å². The molecule has 1 heterocycles. The lowest BCUT2D eigenvalue weighted by Crippen LogP contribution is -2.25. The van der Waals surface area contributed by atoms with Crippen molar-refractivity contribution in [3.05, 3.63) is 53.1 Å². The molecule has 0 unspecified atom stereocenters. The molecule has 1 aliphatic heterocycles. The Kier molecular flexibility index (Phi) is 4.88. The topological polar surface area (TPSA) is 96.5 Å². The fourth-order valence-corrected chi connectivity index (χ4v) is 2.57. The van der Waals surface area contributed by atoms with Gasteiger partial charge >= 0.3 is 0 Å². The zero-order valence-electron chi connectivity index (χ0n) is 14.5. The van der Waals surface area contributed by atoms with E-state index in [1.807, 2.05) is 13.8 Å². The van der Waals surface area contributed by atoms with E-state index in [-0.39, 0.29) is 24.3 Å². The van der Waals surface area contributed by atoms with Crippen LogP contribution >= 0.6 is 0 Å². The summed E-state index contributed by atoms with van der Waals surface area (Å²) in [5.41, 5.74) is 2.80. The summed E-state index contributed by atoms with van der Waals surface area (Å²) in [6, 6.07) is 9.95. The van der Waals surface area contributed by atoms with Crippen LogP contribution in [0, 0.1) is 6.92 Å². The van der Waals surface area contributed by atoms with Gasteiger partial charge in [-0.25, -0.2) is 0 Å². The molecular weight excluding hydrogens is 334 g/mol. The van der Waals surface area contributed by atoms with Crippen LogP contribution in [-0.2, 0) is 4.79 Å². The number of ether oxygens (including phenoxy) is 1. The minimum atomic E-state index is -0.329. The third-order valence-electron chi connectivity index (χ3n) is 3.96. The fraction of sp³-hybridized carbons (Fsp3) is 0.211. The molecule has 26 heavy (non-hydrogen) atoms. The van der Waals surface area contributed by atoms with E-state index in [0.717, 1.165) is 5.56 Å². The third kappa shape index (κ3) is 3.66. The first-order valence-electron chi connectivity index (χ1n) is 8.25. The molecule has 0 saturated heterocycles. The second-order valence-corrected chi connectivity index (χ2v) is 5.89. The highest BCUT2D eigenvalue weighted by molar-refractivity contribution is 6.06. The van der Waals surface area contributed by atoms with Crippen LogP contribution in [-0.4, -0.2) is 30.9 Å². The Labute approximate surface area is 150 Å². The van der Waals surface area contributed by atoms with Crippen molar-refractivity contribution in [2.45, 2.75) is 13.8 Å². The van der Waals surface area contributed by atoms with Crippen LogP contribution in [0.3, 0.4) is 0 Å². The van der Waals surface area contributed by atoms with E-state index in [2.05, 4.69) is 16.0 Å². The Hall–Kier alpha value is -3.35. The maximum absolute atomic E-state index is 12.6. The third-order valence-corrected chi connectivity index (χ3v) is 3.96. The molecule has 0 bridgehead atoms. The summed E-state index contributed by atoms with van der Waals surface area (Å²) in [6.45, 7) is 4.14. The van der Waals surface area contributed by atoms with Gasteiger partial charge in [0.2, 0.25) is 0 Å². The smallest absolute Gasteiger partial charge is 0.262 e. The minimum absolute atomic E-state index is 0.0776. The van der Waals surface area contributed by atoms with Gasteiger partial charge in [-0.3, -0.25) is 14.4 Å². The molecule has 0 saturated carbocycles. The number of amides is 3. The Morgan fingerprint density at radius 1 is 1.12 bits per heavy atom. The summed E-state index contributed by atoms with van der Waals surface area (Å²) in [5, 5.41) is 8.22. The predicted molar refractivity (Wildman–Crippen MR) is 97.7 cm³/mol. The zero-order valence-corrected chi connectivity index (χ0v) is 14.5. The van der Waals surface area contributed by atoms with E-state index >= 15 is 0 Å². The van der Waals surface area contributed by atoms with Crippen LogP contribution in [0.25, 0.3) is 0 Å². The highest BCUT2D eigenvalue weighted by Crippen LogP contribution is 2.29. The summed E-state index contributed by atoms with van der Waals surface area (Å²) in [4.78, 5) is 35.9. The predicted octanol–water partition coefficient (Wildman–Crippen LogP) is 2.33. The van der Waals surface area contributed by atoms with E-state index in [9.17, 15) is 14.4 Å². The van der Waals surface area contributed by atoms with Gasteiger partial charge in [0.25, 0.3) is 17.7 Å². The van der Waals surface area contributed by atoms with Crippen molar-refractivity contribution in [1.29, 1.82) is 0 Å². The monoisotopic (exact) mass is 353 g/mol. The maximum atomic E-state index is 12.6. The van der Waals surface area contributed by atoms with Crippen molar-refractivity contribution < 1.29 is 19.1 Å². The van der Waals surface area contributed by atoms with Crippen LogP contribution in [0.2, 0.25) is 0 Å². The van der Waals surface area contributed by atoms with E-state index in [1.54, 1.807) is 36.4 Å². The SMILES string of the molecule is CCNC(=O)c1ccc(C)c(NC(=O)c2ccc3c(c2)OCC(=O)N3)c1. The highest BCUT2D eigenvalue weighted by Gasteiger charge is 2.18. The van der Waals surface area contributed by atoms with Gasteiger partial charge in [0.1, 0.15) is 5.75 Å². The molecule has 2 aromatic rings. The average Bonchev–Trinajstić information content (AvgIpc) is 2.63. The maximum Gasteiger partial charge on any atom is 0.262 e. The molecule has 7 heteroatoms. The van der Waals surface area contributed by atoms with Gasteiger partial charge in [0.05, 0.1) is 5.69 Å². The Morgan fingerprint density at radius 3 is 2.62 bits per heavy atom. The van der Waals surface area contributed by atoms with Crippen molar-refractivity contribution in [3.63, 3.8) is 0 Å². The fourth-order valence-electron chi connectivity index (χ4n) is 2.57. The number of hydrogen-bond donors (Lipinski definition) is 3. The summed E-state index contributed by atoms with van der Waals surface area (Å²) < 4.78 is 5.33. The summed E-state index contributed by atoms with van der Waals surface area (Å²) >= 11 is 0. The van der Waals surface area contributed by atoms with Gasteiger partial charge in [-0.2, -0.15) is 0 Å². The lowest BCUT2D eigenvalue weighted by molar-refractivity contribution is -0.118. The molecule has 0 spiro atoms. The highest BCUT2D eigenvalue weighted by atomic mass is 16.5. The number of nitrogens with one attached hydrogen (secondary N) is 3. The first-order chi connectivity index (χ1) is 12.5. The number of anilines is 2. The molecule has 0 fully saturated rings. The van der Waals surface area contributed by atoms with Crippen molar-refractivity contribution in [3.8, 4) is 5.75 Å². The molecule has 3 rings (SSSR count). The molecule has 0 atom stereocenters. The van der Waals surface area contributed by atoms with Crippen molar-refractivity contribution in [2.75, 3.05) is 23.8 Å². The normalized spacial score (nSPS) is 12.5. The van der Waals surface area contributed by atoms with Crippen molar-refractivity contribution in [1.82, 2.24) is 5.32 Å². The summed E-state index contributed by atoms with van der Waals surface area (Å²) in [6.07, 6.45) is 0. The molecule has 0 radical (unpaired) electrons. The van der Waals surface area contributed by atoms with Crippen molar-refractivity contribution in [2.24, 2.45) is 0 Å². The molecule has 3 N–H and O–H groups in total. The largest absolute Gasteiger partial charge is 0.482 e. The summed E-state index contributed by atoms with van der Waals surface area (Å²) in [7, 11) is 0. The molecule has 7 nitrogen and oxygen atoms in total. The Balaban J connectivity index is 1.81. The summed E-state index contributed by atoms with van der Waals surface area (Å²) in [5.74, 6) is -0.303. The number of carbonyl (C=O) groups excluding carboxylic acids is 3. The molecule has 134 valence electrons. The Morgan fingerprint density at radius 2 is 1.85 bits per heavy atom. The number of carbonyl (C=O) groups is 3. The first kappa shape index (κ1) is 17.5. The zero-order chi connectivity index (χ0) is 18.7. The van der Waals surface area contributed by atoms with Gasteiger partial charge in [-0.05, 0) is 49.7 Å². The first-order valence-corrected chi connectivity index (χ1v) is 8.25. The molecule has 0 aromatic heterocycles. The average molecular weight is 353 g/mol. The second kappa shape index (κ2) is 7.26. The van der Waals surface area contributed by atoms with Gasteiger partial charge in [0.15, 0.2) is 6.61 Å². The number of hydrogen-bond acceptors (Lipinski definition) is 4. The minimum Gasteiger partial charge on any atom is -0.482 e. The molecule has 3 amide bonds. The van der Waals surface area contributed by atoms with Gasteiger partial charge in [-0.15, -0.1) is 0 Å². The van der Waals surface area contributed by atoms with Crippen LogP contribution in [0.5, 0.6) is 5.75 Å². The molecule has 1 aliphatic rings. The lowest BCUT2D eigenvalue weighted by Gasteiger charge is -2.18. The van der Waals surface area contributed by atoms with Gasteiger partial charge < -0.3 is 20.7 Å². The number of aryl methyl sites for hydroxylation is 1. The molecule has 2 aromatic carbocycles. The van der Waals surface area contributed by atoms with E-state index in [1.165, 1.54) is 0 Å². The van der Waals surface area contributed by atoms with E-state index in [0.29, 0.717) is 34.8 Å². The number of rotatable bonds is 4. The van der Waals surface area contributed by atoms with Crippen molar-refractivity contribution >= 4 is 29.1 Å². The van der Waals surface area contributed by atoms with Gasteiger partial charge in [0, 0.05) is 23.4 Å². The van der Waals surface area contributed by atoms with Gasteiger partial charge in [-0.1, -0.05) is 6.07 Å². The second-order valence-electron chi connectivity index (χ2n) is 5.89. The number of benzene rings is 2. The van der Waals surface area contributed by atoms with E-state index in [4.69, 9.17) is 4.74 Å². The van der Waals surface area contributed by atoms with Crippen LogP contribution < -0.4 is 20.7 Å². The van der Waals surface area contributed by atoms with Crippen LogP contribution in [0.4, 0.5) is 11.4 Å². The molecule has 0 aliphatic carbocycles. The van der Waals surface area contributed by atoms with Crippen LogP contribution in [0.15, 0.2) is 36.4 Å². The standard InChI is InChI=1S/C19H19N3O4/c1-3-20-18(24)12-5-4-11(2)15(8-12)22-19(25)13-6-7-14-16(9-13)26-10-17(23)21-14/h4-9H,3,10H2,1-2H3,(H,20,24)(H,21,23)(H,22,25). The Bertz CT molecular complexity index is 892. The molecular formula is C19H19N3O4. The number of fused-ring (bicyclic) bond motifs is 1. The van der Waals surface area contributed by atoms with E-state index < -0.39 is 0 Å². The lowest BCUT2D eigenvalue weighted by atomic mass is 10.1.